The van der Waals surface area contributed by atoms with Crippen LogP contribution < -0.4 is 10.1 Å². The van der Waals surface area contributed by atoms with Crippen LogP contribution in [0.5, 0.6) is 5.75 Å². The number of benzene rings is 1. The van der Waals surface area contributed by atoms with Crippen molar-refractivity contribution in [2.75, 3.05) is 19.7 Å². The fraction of sp³-hybridized carbons (Fsp3) is 0.529. The minimum atomic E-state index is -0.175. The molecule has 4 nitrogen and oxygen atoms in total. The van der Waals surface area contributed by atoms with E-state index in [1.165, 1.54) is 0 Å². The van der Waals surface area contributed by atoms with Gasteiger partial charge in [0.2, 0.25) is 0 Å². The Morgan fingerprint density at radius 3 is 2.77 bits per heavy atom. The molecule has 1 aliphatic heterocycles. The van der Waals surface area contributed by atoms with E-state index in [-0.39, 0.29) is 5.91 Å². The van der Waals surface area contributed by atoms with Gasteiger partial charge in [-0.1, -0.05) is 19.9 Å². The molecule has 1 amide bonds. The molecule has 0 aliphatic carbocycles. The van der Waals surface area contributed by atoms with E-state index in [1.807, 2.05) is 17.0 Å². The maximum absolute atomic E-state index is 12.3. The lowest BCUT2D eigenvalue weighted by Crippen LogP contribution is -2.41. The summed E-state index contributed by atoms with van der Waals surface area (Å²) in [5, 5.41) is 3.32. The van der Waals surface area contributed by atoms with Gasteiger partial charge >= 0.3 is 0 Å². The van der Waals surface area contributed by atoms with Crippen molar-refractivity contribution < 1.29 is 9.53 Å². The van der Waals surface area contributed by atoms with Crippen LogP contribution in [0.25, 0.3) is 0 Å². The number of likely N-dealkylation sites (tertiary alicyclic amines) is 1. The van der Waals surface area contributed by atoms with Crippen LogP contribution >= 0.6 is 12.2 Å². The van der Waals surface area contributed by atoms with Crippen molar-refractivity contribution in [3.8, 4) is 5.75 Å². The number of ether oxygens (including phenoxy) is 1. The van der Waals surface area contributed by atoms with Gasteiger partial charge in [-0.3, -0.25) is 10.1 Å². The zero-order chi connectivity index (χ0) is 15.9. The number of carbonyl (C=O) groups is 1. The second-order valence-corrected chi connectivity index (χ2v) is 6.40. The third kappa shape index (κ3) is 4.98. The zero-order valence-electron chi connectivity index (χ0n) is 13.3. The van der Waals surface area contributed by atoms with Crippen LogP contribution in [0.2, 0.25) is 0 Å². The van der Waals surface area contributed by atoms with Crippen LogP contribution in [0.1, 0.15) is 43.5 Å². The van der Waals surface area contributed by atoms with E-state index in [4.69, 9.17) is 17.0 Å². The van der Waals surface area contributed by atoms with Crippen molar-refractivity contribution in [3.05, 3.63) is 29.8 Å². The summed E-state index contributed by atoms with van der Waals surface area (Å²) < 4.78 is 5.69. The molecule has 0 unspecified atom stereocenters. The van der Waals surface area contributed by atoms with Gasteiger partial charge in [0.15, 0.2) is 5.11 Å². The van der Waals surface area contributed by atoms with Crippen molar-refractivity contribution >= 4 is 23.2 Å². The van der Waals surface area contributed by atoms with Crippen molar-refractivity contribution in [1.29, 1.82) is 0 Å². The molecule has 0 aromatic heterocycles. The predicted octanol–water partition coefficient (Wildman–Crippen LogP) is 3.22. The number of nitrogens with zero attached hydrogens (tertiary/aromatic N) is 1. The molecule has 0 atom stereocenters. The molecule has 1 fully saturated rings. The third-order valence-electron chi connectivity index (χ3n) is 3.67. The fourth-order valence-corrected chi connectivity index (χ4v) is 2.58. The van der Waals surface area contributed by atoms with E-state index in [1.54, 1.807) is 12.1 Å². The second kappa shape index (κ2) is 8.13. The first-order valence-electron chi connectivity index (χ1n) is 7.89. The van der Waals surface area contributed by atoms with E-state index in [0.717, 1.165) is 38.1 Å². The molecule has 0 bridgehead atoms. The fourth-order valence-electron chi connectivity index (χ4n) is 2.31. The Hall–Kier alpha value is -1.62. The highest BCUT2D eigenvalue weighted by Gasteiger charge is 2.17. The van der Waals surface area contributed by atoms with E-state index in [9.17, 15) is 4.79 Å². The van der Waals surface area contributed by atoms with Crippen LogP contribution in [0.15, 0.2) is 24.3 Å². The maximum atomic E-state index is 12.3. The highest BCUT2D eigenvalue weighted by Crippen LogP contribution is 2.15. The summed E-state index contributed by atoms with van der Waals surface area (Å²) in [5.41, 5.74) is 0.573. The molecule has 1 aliphatic rings. The number of rotatable bonds is 5. The molecule has 0 saturated carbocycles. The molecule has 0 radical (unpaired) electrons. The molecule has 1 N–H and O–H groups in total. The van der Waals surface area contributed by atoms with E-state index in [0.29, 0.717) is 23.2 Å². The van der Waals surface area contributed by atoms with E-state index >= 15 is 0 Å². The Morgan fingerprint density at radius 2 is 2.09 bits per heavy atom. The van der Waals surface area contributed by atoms with Crippen molar-refractivity contribution in [1.82, 2.24) is 10.2 Å². The number of nitrogens with one attached hydrogen (secondary N) is 1. The van der Waals surface area contributed by atoms with Gasteiger partial charge in [-0.25, -0.2) is 0 Å². The van der Waals surface area contributed by atoms with Crippen LogP contribution in [-0.2, 0) is 0 Å². The molecule has 22 heavy (non-hydrogen) atoms. The zero-order valence-corrected chi connectivity index (χ0v) is 14.1. The minimum Gasteiger partial charge on any atom is -0.494 e. The summed E-state index contributed by atoms with van der Waals surface area (Å²) in [6, 6.07) is 7.24. The van der Waals surface area contributed by atoms with Gasteiger partial charge < -0.3 is 9.64 Å². The van der Waals surface area contributed by atoms with Gasteiger partial charge in [0.1, 0.15) is 5.75 Å². The Balaban J connectivity index is 1.90. The van der Waals surface area contributed by atoms with Gasteiger partial charge in [0.25, 0.3) is 5.91 Å². The lowest BCUT2D eigenvalue weighted by atomic mass is 10.1. The molecule has 0 spiro atoms. The van der Waals surface area contributed by atoms with E-state index in [2.05, 4.69) is 19.2 Å². The first-order chi connectivity index (χ1) is 10.6. The van der Waals surface area contributed by atoms with Gasteiger partial charge in [0, 0.05) is 18.7 Å². The van der Waals surface area contributed by atoms with E-state index < -0.39 is 0 Å². The summed E-state index contributed by atoms with van der Waals surface area (Å²) in [5.74, 6) is 1.15. The molecular formula is C17H24N2O2S. The Morgan fingerprint density at radius 1 is 1.36 bits per heavy atom. The molecule has 120 valence electrons. The Bertz CT molecular complexity index is 525. The third-order valence-corrected chi connectivity index (χ3v) is 4.03. The average molecular weight is 320 g/mol. The predicted molar refractivity (Wildman–Crippen MR) is 92.3 cm³/mol. The summed E-state index contributed by atoms with van der Waals surface area (Å²) in [6.45, 7) is 6.84. The van der Waals surface area contributed by atoms with Crippen molar-refractivity contribution in [2.45, 2.75) is 33.1 Å². The number of hydrogen-bond donors (Lipinski definition) is 1. The standard InChI is InChI=1S/C17H24N2O2S/c1-13(2)8-11-21-15-7-5-6-14(12-15)16(20)18-17(22)19-9-3-4-10-19/h5-7,12-13H,3-4,8-11H2,1-2H3,(H,18,20,22). The molecular weight excluding hydrogens is 296 g/mol. The highest BCUT2D eigenvalue weighted by molar-refractivity contribution is 7.80. The SMILES string of the molecule is CC(C)CCOc1cccc(C(=O)NC(=S)N2CCCC2)c1. The van der Waals surface area contributed by atoms with Crippen LogP contribution in [0.3, 0.4) is 0 Å². The molecule has 1 saturated heterocycles. The molecule has 1 aromatic carbocycles. The van der Waals surface area contributed by atoms with Gasteiger partial charge in [-0.15, -0.1) is 0 Å². The van der Waals surface area contributed by atoms with Crippen molar-refractivity contribution in [2.24, 2.45) is 5.92 Å². The summed E-state index contributed by atoms with van der Waals surface area (Å²) in [7, 11) is 0. The summed E-state index contributed by atoms with van der Waals surface area (Å²) in [4.78, 5) is 14.3. The Labute approximate surface area is 137 Å². The molecule has 1 aromatic rings. The van der Waals surface area contributed by atoms with Crippen LogP contribution in [0, 0.1) is 5.92 Å². The normalized spacial score (nSPS) is 14.2. The van der Waals surface area contributed by atoms with Gasteiger partial charge in [-0.2, -0.15) is 0 Å². The van der Waals surface area contributed by atoms with Crippen LogP contribution in [0.4, 0.5) is 0 Å². The topological polar surface area (TPSA) is 41.6 Å². The number of amides is 1. The molecule has 2 rings (SSSR count). The van der Waals surface area contributed by atoms with Crippen molar-refractivity contribution in [3.63, 3.8) is 0 Å². The first kappa shape index (κ1) is 16.7. The summed E-state index contributed by atoms with van der Waals surface area (Å²) in [6.07, 6.45) is 3.26. The Kier molecular flexibility index (Phi) is 6.19. The number of hydrogen-bond acceptors (Lipinski definition) is 3. The lowest BCUT2D eigenvalue weighted by molar-refractivity contribution is 0.0973. The van der Waals surface area contributed by atoms with Crippen LogP contribution in [-0.4, -0.2) is 35.6 Å². The van der Waals surface area contributed by atoms with Gasteiger partial charge in [-0.05, 0) is 55.6 Å². The highest BCUT2D eigenvalue weighted by atomic mass is 32.1. The smallest absolute Gasteiger partial charge is 0.257 e. The molecule has 5 heteroatoms. The first-order valence-corrected chi connectivity index (χ1v) is 8.30. The number of thiocarbonyl (C=S) groups is 1. The summed E-state index contributed by atoms with van der Waals surface area (Å²) >= 11 is 5.28. The minimum absolute atomic E-state index is 0.175. The van der Waals surface area contributed by atoms with Gasteiger partial charge in [0.05, 0.1) is 6.61 Å². The number of carbonyl (C=O) groups excluding carboxylic acids is 1. The largest absolute Gasteiger partial charge is 0.494 e. The average Bonchev–Trinajstić information content (AvgIpc) is 3.01. The monoisotopic (exact) mass is 320 g/mol. The quantitative estimate of drug-likeness (QED) is 0.846. The molecule has 1 heterocycles. The maximum Gasteiger partial charge on any atom is 0.257 e. The lowest BCUT2D eigenvalue weighted by Gasteiger charge is -2.18. The second-order valence-electron chi connectivity index (χ2n) is 6.01.